The zero-order valence-corrected chi connectivity index (χ0v) is 11.1. The topological polar surface area (TPSA) is 86.7 Å². The zero-order valence-electron chi connectivity index (χ0n) is 11.1. The normalized spacial score (nSPS) is 20.1. The minimum absolute atomic E-state index is 0.0867. The summed E-state index contributed by atoms with van der Waals surface area (Å²) < 4.78 is 0. The number of rotatable bonds is 5. The fourth-order valence-corrected chi connectivity index (χ4v) is 2.04. The first kappa shape index (κ1) is 14.0. The van der Waals surface area contributed by atoms with Crippen molar-refractivity contribution in [1.82, 2.24) is 4.90 Å². The molecule has 0 radical (unpaired) electrons. The van der Waals surface area contributed by atoms with Crippen LogP contribution >= 0.6 is 0 Å². The summed E-state index contributed by atoms with van der Waals surface area (Å²) in [6.07, 6.45) is 0.360. The molecule has 2 N–H and O–H groups in total. The minimum Gasteiger partial charge on any atom is -0.481 e. The highest BCUT2D eigenvalue weighted by Crippen LogP contribution is 2.39. The predicted octanol–water partition coefficient (Wildman–Crippen LogP) is 0.804. The quantitative estimate of drug-likeness (QED) is 0.833. The molecule has 20 heavy (non-hydrogen) atoms. The van der Waals surface area contributed by atoms with Crippen molar-refractivity contribution < 1.29 is 19.5 Å². The molecular weight excluding hydrogens is 260 g/mol. The average Bonchev–Trinajstić information content (AvgIpc) is 3.19. The Morgan fingerprint density at radius 1 is 1.25 bits per heavy atom. The number of hydrogen-bond donors (Lipinski definition) is 2. The molecule has 0 bridgehead atoms. The summed E-state index contributed by atoms with van der Waals surface area (Å²) in [6.45, 7) is -0.0867. The third-order valence-corrected chi connectivity index (χ3v) is 3.24. The van der Waals surface area contributed by atoms with E-state index in [1.54, 1.807) is 24.3 Å². The second-order valence-electron chi connectivity index (χ2n) is 4.90. The van der Waals surface area contributed by atoms with Crippen LogP contribution in [0.15, 0.2) is 30.3 Å². The lowest BCUT2D eigenvalue weighted by Crippen LogP contribution is -2.36. The fraction of sp³-hybridized carbons (Fsp3) is 0.357. The molecule has 0 saturated heterocycles. The first-order chi connectivity index (χ1) is 9.49. The van der Waals surface area contributed by atoms with Crippen LogP contribution in [0.3, 0.4) is 0 Å². The van der Waals surface area contributed by atoms with Crippen LogP contribution in [-0.4, -0.2) is 41.4 Å². The van der Waals surface area contributed by atoms with Crippen molar-refractivity contribution >= 4 is 23.5 Å². The minimum atomic E-state index is -0.953. The maximum absolute atomic E-state index is 11.9. The van der Waals surface area contributed by atoms with E-state index in [1.165, 1.54) is 11.9 Å². The number of benzene rings is 1. The van der Waals surface area contributed by atoms with Gasteiger partial charge in [-0.3, -0.25) is 14.4 Å². The Balaban J connectivity index is 1.82. The lowest BCUT2D eigenvalue weighted by Gasteiger charge is -2.16. The van der Waals surface area contributed by atoms with Crippen molar-refractivity contribution in [3.63, 3.8) is 0 Å². The molecule has 1 aromatic carbocycles. The van der Waals surface area contributed by atoms with Gasteiger partial charge in [-0.15, -0.1) is 0 Å². The van der Waals surface area contributed by atoms with Crippen molar-refractivity contribution in [2.75, 3.05) is 18.9 Å². The van der Waals surface area contributed by atoms with E-state index in [-0.39, 0.29) is 18.4 Å². The van der Waals surface area contributed by atoms with Gasteiger partial charge in [-0.25, -0.2) is 0 Å². The Labute approximate surface area is 116 Å². The van der Waals surface area contributed by atoms with Gasteiger partial charge in [-0.2, -0.15) is 0 Å². The van der Waals surface area contributed by atoms with Crippen molar-refractivity contribution in [3.05, 3.63) is 30.3 Å². The van der Waals surface area contributed by atoms with Gasteiger partial charge in [0.1, 0.15) is 0 Å². The maximum Gasteiger partial charge on any atom is 0.307 e. The van der Waals surface area contributed by atoms with E-state index in [4.69, 9.17) is 5.11 Å². The van der Waals surface area contributed by atoms with Gasteiger partial charge in [-0.05, 0) is 18.6 Å². The Bertz CT molecular complexity index is 529. The number of likely N-dealkylation sites (N-methyl/N-ethyl adjacent to an activating group) is 1. The molecule has 0 heterocycles. The molecule has 1 fully saturated rings. The lowest BCUT2D eigenvalue weighted by atomic mass is 10.3. The maximum atomic E-state index is 11.9. The summed E-state index contributed by atoms with van der Waals surface area (Å²) in [7, 11) is 1.50. The molecule has 0 aliphatic heterocycles. The van der Waals surface area contributed by atoms with E-state index in [0.717, 1.165) is 0 Å². The summed E-state index contributed by atoms with van der Waals surface area (Å²) in [5.41, 5.74) is 0.660. The third-order valence-electron chi connectivity index (χ3n) is 3.24. The van der Waals surface area contributed by atoms with Crippen molar-refractivity contribution in [1.29, 1.82) is 0 Å². The highest BCUT2D eigenvalue weighted by Gasteiger charge is 2.49. The van der Waals surface area contributed by atoms with Crippen LogP contribution in [0.1, 0.15) is 6.42 Å². The Kier molecular flexibility index (Phi) is 4.02. The molecule has 0 aromatic heterocycles. The van der Waals surface area contributed by atoms with E-state index in [1.807, 2.05) is 6.07 Å². The van der Waals surface area contributed by atoms with Gasteiger partial charge in [0.05, 0.1) is 18.4 Å². The van der Waals surface area contributed by atoms with Crippen molar-refractivity contribution in [2.24, 2.45) is 11.8 Å². The number of carboxylic acid groups (broad SMARTS) is 1. The zero-order chi connectivity index (χ0) is 14.7. The van der Waals surface area contributed by atoms with Gasteiger partial charge in [0.15, 0.2) is 0 Å². The van der Waals surface area contributed by atoms with Gasteiger partial charge in [0.25, 0.3) is 0 Å². The van der Waals surface area contributed by atoms with Crippen LogP contribution in [0.25, 0.3) is 0 Å². The number of carbonyl (C=O) groups excluding carboxylic acids is 2. The molecule has 1 aliphatic carbocycles. The van der Waals surface area contributed by atoms with E-state index < -0.39 is 17.8 Å². The van der Waals surface area contributed by atoms with E-state index in [2.05, 4.69) is 5.32 Å². The first-order valence-electron chi connectivity index (χ1n) is 6.31. The molecule has 2 atom stereocenters. The van der Waals surface area contributed by atoms with Gasteiger partial charge >= 0.3 is 5.97 Å². The molecule has 6 nitrogen and oxygen atoms in total. The second-order valence-corrected chi connectivity index (χ2v) is 4.90. The highest BCUT2D eigenvalue weighted by atomic mass is 16.4. The SMILES string of the molecule is CN(CC(=O)Nc1ccccc1)C(=O)C1CC1C(=O)O. The number of carbonyl (C=O) groups is 3. The van der Waals surface area contributed by atoms with Crippen LogP contribution in [0.5, 0.6) is 0 Å². The fourth-order valence-electron chi connectivity index (χ4n) is 2.04. The number of amides is 2. The largest absolute Gasteiger partial charge is 0.481 e. The molecule has 2 amide bonds. The standard InChI is InChI=1S/C14H16N2O4/c1-16(13(18)10-7-11(10)14(19)20)8-12(17)15-9-5-3-2-4-6-9/h2-6,10-11H,7-8H2,1H3,(H,15,17)(H,19,20). The van der Waals surface area contributed by atoms with Crippen molar-refractivity contribution in [2.45, 2.75) is 6.42 Å². The summed E-state index contributed by atoms with van der Waals surface area (Å²) in [5.74, 6) is -2.63. The average molecular weight is 276 g/mol. The lowest BCUT2D eigenvalue weighted by molar-refractivity contribution is -0.141. The monoisotopic (exact) mass is 276 g/mol. The number of aliphatic carboxylic acids is 1. The van der Waals surface area contributed by atoms with Gasteiger partial charge in [-0.1, -0.05) is 18.2 Å². The smallest absolute Gasteiger partial charge is 0.307 e. The number of nitrogens with zero attached hydrogens (tertiary/aromatic N) is 1. The van der Waals surface area contributed by atoms with Gasteiger partial charge in [0, 0.05) is 12.7 Å². The first-order valence-corrected chi connectivity index (χ1v) is 6.31. The van der Waals surface area contributed by atoms with Crippen molar-refractivity contribution in [3.8, 4) is 0 Å². The molecule has 2 rings (SSSR count). The third kappa shape index (κ3) is 3.34. The molecule has 1 saturated carbocycles. The Hall–Kier alpha value is -2.37. The summed E-state index contributed by atoms with van der Waals surface area (Å²) in [5, 5.41) is 11.5. The van der Waals surface area contributed by atoms with Crippen LogP contribution in [0.2, 0.25) is 0 Å². The summed E-state index contributed by atoms with van der Waals surface area (Å²) in [4.78, 5) is 35.6. The molecule has 1 aliphatic rings. The molecule has 1 aromatic rings. The van der Waals surface area contributed by atoms with Gasteiger partial charge in [0.2, 0.25) is 11.8 Å². The van der Waals surface area contributed by atoms with Gasteiger partial charge < -0.3 is 15.3 Å². The second kappa shape index (κ2) is 5.73. The molecule has 2 unspecified atom stereocenters. The number of carboxylic acids is 1. The molecule has 106 valence electrons. The molecule has 0 spiro atoms. The van der Waals surface area contributed by atoms with Crippen LogP contribution in [0.4, 0.5) is 5.69 Å². The number of para-hydroxylation sites is 1. The van der Waals surface area contributed by atoms with E-state index in [0.29, 0.717) is 12.1 Å². The van der Waals surface area contributed by atoms with Crippen LogP contribution < -0.4 is 5.32 Å². The highest BCUT2D eigenvalue weighted by molar-refractivity contribution is 5.96. The summed E-state index contributed by atoms with van der Waals surface area (Å²) in [6, 6.07) is 8.94. The van der Waals surface area contributed by atoms with E-state index in [9.17, 15) is 14.4 Å². The molecular formula is C14H16N2O4. The molecule has 6 heteroatoms. The van der Waals surface area contributed by atoms with Crippen LogP contribution in [0, 0.1) is 11.8 Å². The van der Waals surface area contributed by atoms with Crippen LogP contribution in [-0.2, 0) is 14.4 Å². The Morgan fingerprint density at radius 2 is 1.90 bits per heavy atom. The number of hydrogen-bond acceptors (Lipinski definition) is 3. The number of nitrogens with one attached hydrogen (secondary N) is 1. The van der Waals surface area contributed by atoms with E-state index >= 15 is 0 Å². The summed E-state index contributed by atoms with van der Waals surface area (Å²) >= 11 is 0. The Morgan fingerprint density at radius 3 is 2.45 bits per heavy atom. The predicted molar refractivity (Wildman–Crippen MR) is 71.9 cm³/mol. The number of anilines is 1.